The fraction of sp³-hybridized carbons (Fsp3) is 0.273. The lowest BCUT2D eigenvalue weighted by Gasteiger charge is -2.07. The molecule has 0 unspecified atom stereocenters. The highest BCUT2D eigenvalue weighted by Crippen LogP contribution is 2.40. The molecule has 0 aliphatic heterocycles. The molecule has 5 heteroatoms. The highest BCUT2D eigenvalue weighted by atomic mass is 79.9. The summed E-state index contributed by atoms with van der Waals surface area (Å²) in [5.41, 5.74) is 7.87. The minimum absolute atomic E-state index is 0.479. The summed E-state index contributed by atoms with van der Waals surface area (Å²) in [6, 6.07) is 8.47. The molecule has 0 amide bonds. The molecule has 0 bridgehead atoms. The van der Waals surface area contributed by atoms with Crippen LogP contribution in [-0.4, -0.2) is 15.0 Å². The predicted octanol–water partition coefficient (Wildman–Crippen LogP) is 2.62. The summed E-state index contributed by atoms with van der Waals surface area (Å²) in [5, 5.41) is 8.08. The molecule has 1 heterocycles. The molecule has 1 aromatic carbocycles. The van der Waals surface area contributed by atoms with E-state index in [0.29, 0.717) is 11.9 Å². The van der Waals surface area contributed by atoms with E-state index < -0.39 is 0 Å². The van der Waals surface area contributed by atoms with Crippen LogP contribution in [0.1, 0.15) is 18.9 Å². The van der Waals surface area contributed by atoms with E-state index in [2.05, 4.69) is 26.2 Å². The molecule has 1 aliphatic carbocycles. The van der Waals surface area contributed by atoms with Crippen molar-refractivity contribution in [1.29, 1.82) is 0 Å². The van der Waals surface area contributed by atoms with E-state index in [-0.39, 0.29) is 0 Å². The zero-order valence-corrected chi connectivity index (χ0v) is 10.2. The molecule has 4 nitrogen and oxygen atoms in total. The number of halogens is 1. The Morgan fingerprint density at radius 2 is 2.06 bits per heavy atom. The van der Waals surface area contributed by atoms with Gasteiger partial charge in [0.05, 0.1) is 6.04 Å². The summed E-state index contributed by atoms with van der Waals surface area (Å²) < 4.78 is 2.96. The van der Waals surface area contributed by atoms with Crippen molar-refractivity contribution in [1.82, 2.24) is 15.0 Å². The largest absolute Gasteiger partial charge is 0.380 e. The first-order valence-corrected chi connectivity index (χ1v) is 6.02. The Morgan fingerprint density at radius 3 is 2.75 bits per heavy atom. The van der Waals surface area contributed by atoms with Crippen LogP contribution in [0.3, 0.4) is 0 Å². The molecule has 1 saturated carbocycles. The van der Waals surface area contributed by atoms with Crippen LogP contribution in [0.2, 0.25) is 0 Å². The summed E-state index contributed by atoms with van der Waals surface area (Å²) >= 11 is 3.53. The molecule has 16 heavy (non-hydrogen) atoms. The quantitative estimate of drug-likeness (QED) is 0.919. The van der Waals surface area contributed by atoms with E-state index >= 15 is 0 Å². The summed E-state index contributed by atoms with van der Waals surface area (Å²) in [7, 11) is 0. The van der Waals surface area contributed by atoms with E-state index in [1.54, 1.807) is 0 Å². The molecule has 1 fully saturated rings. The maximum atomic E-state index is 5.89. The summed E-state index contributed by atoms with van der Waals surface area (Å²) in [4.78, 5) is 0. The molecule has 0 spiro atoms. The van der Waals surface area contributed by atoms with Crippen LogP contribution in [0.25, 0.3) is 11.3 Å². The molecule has 1 aliphatic rings. The minimum Gasteiger partial charge on any atom is -0.380 e. The van der Waals surface area contributed by atoms with Gasteiger partial charge in [-0.2, -0.15) is 0 Å². The zero-order chi connectivity index (χ0) is 11.1. The van der Waals surface area contributed by atoms with Crippen LogP contribution in [0, 0.1) is 0 Å². The number of aromatic nitrogens is 3. The van der Waals surface area contributed by atoms with Crippen molar-refractivity contribution in [2.45, 2.75) is 18.9 Å². The van der Waals surface area contributed by atoms with Gasteiger partial charge in [0.1, 0.15) is 5.69 Å². The third-order valence-electron chi connectivity index (χ3n) is 2.74. The first-order valence-electron chi connectivity index (χ1n) is 5.23. The molecular formula is C11H11BrN4. The second-order valence-electron chi connectivity index (χ2n) is 3.98. The van der Waals surface area contributed by atoms with Crippen LogP contribution in [0.4, 0.5) is 5.82 Å². The summed E-state index contributed by atoms with van der Waals surface area (Å²) in [6.45, 7) is 0. The van der Waals surface area contributed by atoms with Gasteiger partial charge < -0.3 is 5.73 Å². The Bertz CT molecular complexity index is 531. The Kier molecular flexibility index (Phi) is 2.21. The number of rotatable bonds is 2. The zero-order valence-electron chi connectivity index (χ0n) is 8.60. The van der Waals surface area contributed by atoms with Crippen LogP contribution in [0.5, 0.6) is 0 Å². The minimum atomic E-state index is 0.479. The average molecular weight is 279 g/mol. The van der Waals surface area contributed by atoms with Gasteiger partial charge in [0.15, 0.2) is 5.82 Å². The van der Waals surface area contributed by atoms with Crippen LogP contribution in [0.15, 0.2) is 28.7 Å². The van der Waals surface area contributed by atoms with Gasteiger partial charge in [-0.05, 0) is 18.9 Å². The van der Waals surface area contributed by atoms with Gasteiger partial charge >= 0.3 is 0 Å². The Hall–Kier alpha value is -1.36. The maximum absolute atomic E-state index is 5.89. The molecule has 0 radical (unpaired) electrons. The SMILES string of the molecule is Nc1nnn(C2CC2)c1-c1ccccc1Br. The van der Waals surface area contributed by atoms with Crippen LogP contribution in [-0.2, 0) is 0 Å². The van der Waals surface area contributed by atoms with Gasteiger partial charge in [-0.25, -0.2) is 4.68 Å². The van der Waals surface area contributed by atoms with E-state index in [4.69, 9.17) is 5.73 Å². The lowest BCUT2D eigenvalue weighted by molar-refractivity contribution is 0.616. The Labute approximate surface area is 102 Å². The van der Waals surface area contributed by atoms with E-state index in [1.807, 2.05) is 28.9 Å². The molecule has 2 N–H and O–H groups in total. The number of nitrogens with two attached hydrogens (primary N) is 1. The highest BCUT2D eigenvalue weighted by Gasteiger charge is 2.29. The number of nitrogen functional groups attached to an aromatic ring is 1. The summed E-state index contributed by atoms with van der Waals surface area (Å²) in [6.07, 6.45) is 2.33. The lowest BCUT2D eigenvalue weighted by atomic mass is 10.1. The number of hydrogen-bond acceptors (Lipinski definition) is 3. The number of nitrogens with zero attached hydrogens (tertiary/aromatic N) is 3. The Morgan fingerprint density at radius 1 is 1.31 bits per heavy atom. The van der Waals surface area contributed by atoms with Gasteiger partial charge in [-0.3, -0.25) is 0 Å². The van der Waals surface area contributed by atoms with Crippen molar-refractivity contribution in [3.63, 3.8) is 0 Å². The van der Waals surface area contributed by atoms with Crippen molar-refractivity contribution < 1.29 is 0 Å². The van der Waals surface area contributed by atoms with Crippen LogP contribution >= 0.6 is 15.9 Å². The number of anilines is 1. The van der Waals surface area contributed by atoms with E-state index in [1.165, 1.54) is 12.8 Å². The first kappa shape index (κ1) is 9.84. The highest BCUT2D eigenvalue weighted by molar-refractivity contribution is 9.10. The number of benzene rings is 1. The molecule has 1 aromatic heterocycles. The molecule has 82 valence electrons. The molecule has 3 rings (SSSR count). The summed E-state index contributed by atoms with van der Waals surface area (Å²) in [5.74, 6) is 0.499. The molecular weight excluding hydrogens is 268 g/mol. The topological polar surface area (TPSA) is 56.7 Å². The van der Waals surface area contributed by atoms with Gasteiger partial charge in [0.25, 0.3) is 0 Å². The first-order chi connectivity index (χ1) is 7.77. The van der Waals surface area contributed by atoms with Gasteiger partial charge in [-0.1, -0.05) is 39.3 Å². The van der Waals surface area contributed by atoms with Gasteiger partial charge in [0, 0.05) is 10.0 Å². The maximum Gasteiger partial charge on any atom is 0.174 e. The fourth-order valence-corrected chi connectivity index (χ4v) is 2.27. The third-order valence-corrected chi connectivity index (χ3v) is 3.43. The lowest BCUT2D eigenvalue weighted by Crippen LogP contribution is -2.00. The average Bonchev–Trinajstić information content (AvgIpc) is 3.04. The standard InChI is InChI=1S/C11H11BrN4/c12-9-4-2-1-3-8(9)10-11(13)14-15-16(10)7-5-6-7/h1-4,7H,5-6,13H2. The normalized spacial score (nSPS) is 15.3. The van der Waals surface area contributed by atoms with E-state index in [9.17, 15) is 0 Å². The van der Waals surface area contributed by atoms with Crippen molar-refractivity contribution in [3.05, 3.63) is 28.7 Å². The van der Waals surface area contributed by atoms with Crippen molar-refractivity contribution in [2.75, 3.05) is 5.73 Å². The molecule has 0 atom stereocenters. The monoisotopic (exact) mass is 278 g/mol. The predicted molar refractivity (Wildman–Crippen MR) is 65.8 cm³/mol. The van der Waals surface area contributed by atoms with E-state index in [0.717, 1.165) is 15.7 Å². The van der Waals surface area contributed by atoms with Gasteiger partial charge in [-0.15, -0.1) is 5.10 Å². The van der Waals surface area contributed by atoms with Crippen LogP contribution < -0.4 is 5.73 Å². The Balaban J connectivity index is 2.18. The molecule has 0 saturated heterocycles. The van der Waals surface area contributed by atoms with Crippen molar-refractivity contribution in [2.24, 2.45) is 0 Å². The second-order valence-corrected chi connectivity index (χ2v) is 4.83. The van der Waals surface area contributed by atoms with Crippen molar-refractivity contribution in [3.8, 4) is 11.3 Å². The second kappa shape index (κ2) is 3.59. The molecule has 2 aromatic rings. The fourth-order valence-electron chi connectivity index (χ4n) is 1.80. The van der Waals surface area contributed by atoms with Crippen molar-refractivity contribution >= 4 is 21.7 Å². The van der Waals surface area contributed by atoms with Gasteiger partial charge in [0.2, 0.25) is 0 Å². The third kappa shape index (κ3) is 1.51. The smallest absolute Gasteiger partial charge is 0.174 e. The number of hydrogen-bond donors (Lipinski definition) is 1.